The first-order chi connectivity index (χ1) is 13.1. The van der Waals surface area contributed by atoms with Crippen LogP contribution < -0.4 is 10.1 Å². The fourth-order valence-electron chi connectivity index (χ4n) is 2.31. The summed E-state index contributed by atoms with van der Waals surface area (Å²) in [5.41, 5.74) is 0.664. The molecule has 138 valence electrons. The Balaban J connectivity index is 1.66. The molecule has 1 aromatic heterocycles. The number of para-hydroxylation sites is 2. The van der Waals surface area contributed by atoms with Crippen LogP contribution in [0.3, 0.4) is 0 Å². The first-order valence-corrected chi connectivity index (χ1v) is 7.99. The highest BCUT2D eigenvalue weighted by molar-refractivity contribution is 5.95. The molecule has 8 heteroatoms. The topological polar surface area (TPSA) is 82.5 Å². The van der Waals surface area contributed by atoms with Crippen LogP contribution in [0, 0.1) is 5.82 Å². The fraction of sp³-hybridized carbons (Fsp3) is 0.105. The lowest BCUT2D eigenvalue weighted by molar-refractivity contribution is -0.119. The third-order valence-electron chi connectivity index (χ3n) is 3.60. The van der Waals surface area contributed by atoms with E-state index >= 15 is 0 Å². The van der Waals surface area contributed by atoms with Gasteiger partial charge < -0.3 is 14.8 Å². The van der Waals surface area contributed by atoms with E-state index in [4.69, 9.17) is 9.47 Å². The van der Waals surface area contributed by atoms with Gasteiger partial charge in [0.2, 0.25) is 5.69 Å². The van der Waals surface area contributed by atoms with Crippen LogP contribution in [0.25, 0.3) is 5.69 Å². The summed E-state index contributed by atoms with van der Waals surface area (Å²) < 4.78 is 25.1. The smallest absolute Gasteiger partial charge is 0.363 e. The zero-order chi connectivity index (χ0) is 19.2. The maximum atomic E-state index is 13.5. The predicted octanol–water partition coefficient (Wildman–Crippen LogP) is 2.82. The third kappa shape index (κ3) is 4.30. The van der Waals surface area contributed by atoms with Crippen molar-refractivity contribution in [1.29, 1.82) is 0 Å². The lowest BCUT2D eigenvalue weighted by Crippen LogP contribution is -2.22. The maximum Gasteiger partial charge on any atom is 0.363 e. The minimum Gasteiger partial charge on any atom is -0.493 e. The quantitative estimate of drug-likeness (QED) is 0.676. The monoisotopic (exact) mass is 369 g/mol. The number of aromatic nitrogens is 2. The standard InChI is InChI=1S/C19H16FN3O4/c1-26-16-11-23(13-7-3-2-4-8-13)22-18(16)19(25)27-12-17(24)21-15-10-6-5-9-14(15)20/h2-11H,12H2,1H3,(H,21,24). The lowest BCUT2D eigenvalue weighted by atomic mass is 10.3. The molecule has 3 rings (SSSR count). The summed E-state index contributed by atoms with van der Waals surface area (Å²) in [7, 11) is 1.40. The summed E-state index contributed by atoms with van der Waals surface area (Å²) in [6.45, 7) is -0.589. The minimum atomic E-state index is -0.829. The molecule has 0 atom stereocenters. The summed E-state index contributed by atoms with van der Waals surface area (Å²) in [4.78, 5) is 24.1. The van der Waals surface area contributed by atoms with Crippen molar-refractivity contribution < 1.29 is 23.5 Å². The Kier molecular flexibility index (Phi) is 5.46. The van der Waals surface area contributed by atoms with E-state index in [0.29, 0.717) is 0 Å². The largest absolute Gasteiger partial charge is 0.493 e. The number of nitrogens with zero attached hydrogens (tertiary/aromatic N) is 2. The summed E-state index contributed by atoms with van der Waals surface area (Å²) in [6.07, 6.45) is 1.53. The molecule has 1 amide bonds. The third-order valence-corrected chi connectivity index (χ3v) is 3.60. The number of methoxy groups -OCH3 is 1. The van der Waals surface area contributed by atoms with Gasteiger partial charge in [-0.1, -0.05) is 30.3 Å². The maximum absolute atomic E-state index is 13.5. The van der Waals surface area contributed by atoms with Crippen LogP contribution in [-0.2, 0) is 9.53 Å². The number of rotatable bonds is 6. The Morgan fingerprint density at radius 2 is 1.81 bits per heavy atom. The Morgan fingerprint density at radius 1 is 1.11 bits per heavy atom. The molecular formula is C19H16FN3O4. The highest BCUT2D eigenvalue weighted by atomic mass is 19.1. The number of anilines is 1. The highest BCUT2D eigenvalue weighted by Crippen LogP contribution is 2.20. The molecule has 0 aliphatic rings. The van der Waals surface area contributed by atoms with Crippen LogP contribution in [-0.4, -0.2) is 35.4 Å². The number of hydrogen-bond donors (Lipinski definition) is 1. The number of esters is 1. The van der Waals surface area contributed by atoms with E-state index in [1.807, 2.05) is 30.3 Å². The van der Waals surface area contributed by atoms with Crippen LogP contribution in [0.4, 0.5) is 10.1 Å². The Bertz CT molecular complexity index is 957. The van der Waals surface area contributed by atoms with E-state index in [1.54, 1.807) is 6.07 Å². The van der Waals surface area contributed by atoms with Crippen LogP contribution in [0.2, 0.25) is 0 Å². The predicted molar refractivity (Wildman–Crippen MR) is 95.4 cm³/mol. The lowest BCUT2D eigenvalue weighted by Gasteiger charge is -2.07. The molecule has 0 bridgehead atoms. The van der Waals surface area contributed by atoms with Gasteiger partial charge in [0.25, 0.3) is 5.91 Å². The zero-order valence-electron chi connectivity index (χ0n) is 14.4. The number of benzene rings is 2. The number of halogens is 1. The summed E-state index contributed by atoms with van der Waals surface area (Å²) >= 11 is 0. The van der Waals surface area contributed by atoms with Gasteiger partial charge in [0.15, 0.2) is 12.4 Å². The second-order valence-corrected chi connectivity index (χ2v) is 5.43. The molecule has 0 saturated carbocycles. The average molecular weight is 369 g/mol. The van der Waals surface area contributed by atoms with Crippen LogP contribution in [0.5, 0.6) is 5.75 Å². The molecule has 7 nitrogen and oxygen atoms in total. The van der Waals surface area contributed by atoms with Crippen molar-refractivity contribution in [3.8, 4) is 11.4 Å². The van der Waals surface area contributed by atoms with Crippen molar-refractivity contribution in [1.82, 2.24) is 9.78 Å². The molecule has 1 heterocycles. The molecule has 0 aliphatic carbocycles. The summed E-state index contributed by atoms with van der Waals surface area (Å²) in [5, 5.41) is 6.48. The zero-order valence-corrected chi connectivity index (χ0v) is 14.4. The van der Waals surface area contributed by atoms with E-state index in [0.717, 1.165) is 5.69 Å². The highest BCUT2D eigenvalue weighted by Gasteiger charge is 2.21. The van der Waals surface area contributed by atoms with Gasteiger partial charge in [-0.05, 0) is 24.3 Å². The second kappa shape index (κ2) is 8.13. The van der Waals surface area contributed by atoms with Gasteiger partial charge in [0.1, 0.15) is 5.82 Å². The van der Waals surface area contributed by atoms with Crippen molar-refractivity contribution in [3.63, 3.8) is 0 Å². The van der Waals surface area contributed by atoms with Gasteiger partial charge in [0.05, 0.1) is 24.7 Å². The molecule has 0 unspecified atom stereocenters. The van der Waals surface area contributed by atoms with E-state index < -0.39 is 24.3 Å². The van der Waals surface area contributed by atoms with Gasteiger partial charge in [0, 0.05) is 0 Å². The van der Waals surface area contributed by atoms with Gasteiger partial charge in [-0.2, -0.15) is 5.10 Å². The molecule has 0 spiro atoms. The van der Waals surface area contributed by atoms with Crippen LogP contribution in [0.15, 0.2) is 60.8 Å². The number of hydrogen-bond acceptors (Lipinski definition) is 5. The average Bonchev–Trinajstić information content (AvgIpc) is 3.13. The number of amides is 1. The SMILES string of the molecule is COc1cn(-c2ccccc2)nc1C(=O)OCC(=O)Nc1ccccc1F. The Morgan fingerprint density at radius 3 is 2.52 bits per heavy atom. The van der Waals surface area contributed by atoms with E-state index in [2.05, 4.69) is 10.4 Å². The molecule has 1 N–H and O–H groups in total. The molecule has 27 heavy (non-hydrogen) atoms. The van der Waals surface area contributed by atoms with Gasteiger partial charge >= 0.3 is 5.97 Å². The Hall–Kier alpha value is -3.68. The van der Waals surface area contributed by atoms with Gasteiger partial charge in [-0.25, -0.2) is 13.9 Å². The van der Waals surface area contributed by atoms with Crippen LogP contribution in [0.1, 0.15) is 10.5 Å². The van der Waals surface area contributed by atoms with Crippen molar-refractivity contribution >= 4 is 17.6 Å². The summed E-state index contributed by atoms with van der Waals surface area (Å²) in [6, 6.07) is 14.8. The molecular weight excluding hydrogens is 353 g/mol. The van der Waals surface area contributed by atoms with Crippen molar-refractivity contribution in [2.45, 2.75) is 0 Å². The first-order valence-electron chi connectivity index (χ1n) is 7.99. The van der Waals surface area contributed by atoms with Gasteiger partial charge in [-0.15, -0.1) is 0 Å². The Labute approximate surface area is 154 Å². The fourth-order valence-corrected chi connectivity index (χ4v) is 2.31. The number of ether oxygens (including phenoxy) is 2. The van der Waals surface area contributed by atoms with E-state index in [1.165, 1.54) is 36.2 Å². The number of carbonyl (C=O) groups excluding carboxylic acids is 2. The molecule has 3 aromatic rings. The van der Waals surface area contributed by atoms with Crippen molar-refractivity contribution in [2.24, 2.45) is 0 Å². The molecule has 0 fully saturated rings. The number of nitrogens with one attached hydrogen (secondary N) is 1. The summed E-state index contributed by atoms with van der Waals surface area (Å²) in [5.74, 6) is -1.88. The van der Waals surface area contributed by atoms with E-state index in [9.17, 15) is 14.0 Å². The molecule has 0 aliphatic heterocycles. The van der Waals surface area contributed by atoms with Gasteiger partial charge in [-0.3, -0.25) is 4.79 Å². The number of carbonyl (C=O) groups is 2. The van der Waals surface area contributed by atoms with E-state index in [-0.39, 0.29) is 17.1 Å². The molecule has 2 aromatic carbocycles. The van der Waals surface area contributed by atoms with Crippen molar-refractivity contribution in [3.05, 3.63) is 72.3 Å². The molecule has 0 saturated heterocycles. The van der Waals surface area contributed by atoms with Crippen LogP contribution >= 0.6 is 0 Å². The normalized spacial score (nSPS) is 10.3. The molecule has 0 radical (unpaired) electrons. The van der Waals surface area contributed by atoms with Crippen molar-refractivity contribution in [2.75, 3.05) is 19.0 Å². The second-order valence-electron chi connectivity index (χ2n) is 5.43. The first kappa shape index (κ1) is 18.1. The minimum absolute atomic E-state index is 0.00415.